The SMILES string of the molecule is CC(N)(CCO)c1cnccn1. The van der Waals surface area contributed by atoms with E-state index in [1.165, 1.54) is 0 Å². The van der Waals surface area contributed by atoms with Crippen LogP contribution in [-0.2, 0) is 5.54 Å². The molecular formula is C8H13N3O. The number of aliphatic hydroxyl groups is 1. The van der Waals surface area contributed by atoms with Gasteiger partial charge in [0.2, 0.25) is 0 Å². The highest BCUT2D eigenvalue weighted by atomic mass is 16.3. The largest absolute Gasteiger partial charge is 0.396 e. The van der Waals surface area contributed by atoms with Crippen molar-refractivity contribution in [3.63, 3.8) is 0 Å². The second kappa shape index (κ2) is 3.60. The Morgan fingerprint density at radius 1 is 1.58 bits per heavy atom. The lowest BCUT2D eigenvalue weighted by Gasteiger charge is -2.21. The summed E-state index contributed by atoms with van der Waals surface area (Å²) in [5.74, 6) is 0. The van der Waals surface area contributed by atoms with Crippen LogP contribution in [0.4, 0.5) is 0 Å². The smallest absolute Gasteiger partial charge is 0.0783 e. The predicted octanol–water partition coefficient (Wildman–Crippen LogP) is 0.0329. The monoisotopic (exact) mass is 167 g/mol. The van der Waals surface area contributed by atoms with Crippen LogP contribution in [0.3, 0.4) is 0 Å². The summed E-state index contributed by atoms with van der Waals surface area (Å²) in [6.45, 7) is 1.89. The molecule has 1 aromatic heterocycles. The predicted molar refractivity (Wildman–Crippen MR) is 45.3 cm³/mol. The van der Waals surface area contributed by atoms with Crippen LogP contribution < -0.4 is 5.73 Å². The summed E-state index contributed by atoms with van der Waals surface area (Å²) >= 11 is 0. The molecular weight excluding hydrogens is 154 g/mol. The average molecular weight is 167 g/mol. The second-order valence-electron chi connectivity index (χ2n) is 2.98. The normalized spacial score (nSPS) is 15.6. The van der Waals surface area contributed by atoms with Crippen molar-refractivity contribution in [2.24, 2.45) is 5.73 Å². The van der Waals surface area contributed by atoms with E-state index in [-0.39, 0.29) is 6.61 Å². The van der Waals surface area contributed by atoms with E-state index in [1.807, 2.05) is 6.92 Å². The van der Waals surface area contributed by atoms with Gasteiger partial charge in [-0.1, -0.05) is 0 Å². The first-order valence-electron chi connectivity index (χ1n) is 3.83. The van der Waals surface area contributed by atoms with Gasteiger partial charge in [-0.2, -0.15) is 0 Å². The molecule has 0 aliphatic carbocycles. The summed E-state index contributed by atoms with van der Waals surface area (Å²) in [6.07, 6.45) is 5.30. The summed E-state index contributed by atoms with van der Waals surface area (Å²) in [5, 5.41) is 8.74. The molecule has 0 fully saturated rings. The van der Waals surface area contributed by atoms with Gasteiger partial charge in [0.1, 0.15) is 0 Å². The van der Waals surface area contributed by atoms with Gasteiger partial charge in [-0.05, 0) is 13.3 Å². The van der Waals surface area contributed by atoms with Crippen molar-refractivity contribution in [3.05, 3.63) is 24.3 Å². The zero-order valence-corrected chi connectivity index (χ0v) is 7.07. The minimum atomic E-state index is -0.580. The first-order chi connectivity index (χ1) is 5.67. The lowest BCUT2D eigenvalue weighted by Crippen LogP contribution is -2.35. The van der Waals surface area contributed by atoms with Crippen molar-refractivity contribution in [3.8, 4) is 0 Å². The van der Waals surface area contributed by atoms with Crippen LogP contribution in [0.5, 0.6) is 0 Å². The van der Waals surface area contributed by atoms with Gasteiger partial charge in [-0.3, -0.25) is 9.97 Å². The quantitative estimate of drug-likeness (QED) is 0.666. The van der Waals surface area contributed by atoms with E-state index in [9.17, 15) is 0 Å². The Kier molecular flexibility index (Phi) is 2.73. The van der Waals surface area contributed by atoms with Crippen LogP contribution in [-0.4, -0.2) is 21.7 Å². The summed E-state index contributed by atoms with van der Waals surface area (Å²) in [4.78, 5) is 7.98. The fraction of sp³-hybridized carbons (Fsp3) is 0.500. The third kappa shape index (κ3) is 1.99. The third-order valence-electron chi connectivity index (χ3n) is 1.78. The van der Waals surface area contributed by atoms with E-state index in [2.05, 4.69) is 9.97 Å². The molecule has 1 unspecified atom stereocenters. The molecule has 1 aromatic rings. The molecule has 0 saturated heterocycles. The van der Waals surface area contributed by atoms with Gasteiger partial charge in [-0.15, -0.1) is 0 Å². The van der Waals surface area contributed by atoms with Crippen LogP contribution in [0, 0.1) is 0 Å². The van der Waals surface area contributed by atoms with Crippen LogP contribution in [0.2, 0.25) is 0 Å². The average Bonchev–Trinajstić information content (AvgIpc) is 2.06. The van der Waals surface area contributed by atoms with Crippen molar-refractivity contribution < 1.29 is 5.11 Å². The fourth-order valence-corrected chi connectivity index (χ4v) is 0.954. The van der Waals surface area contributed by atoms with Crippen molar-refractivity contribution in [1.82, 2.24) is 9.97 Å². The highest BCUT2D eigenvalue weighted by Gasteiger charge is 2.21. The van der Waals surface area contributed by atoms with Crippen molar-refractivity contribution in [2.75, 3.05) is 6.61 Å². The van der Waals surface area contributed by atoms with E-state index in [0.29, 0.717) is 12.1 Å². The molecule has 1 atom stereocenters. The summed E-state index contributed by atoms with van der Waals surface area (Å²) < 4.78 is 0. The van der Waals surface area contributed by atoms with Gasteiger partial charge in [0.25, 0.3) is 0 Å². The van der Waals surface area contributed by atoms with Crippen molar-refractivity contribution >= 4 is 0 Å². The molecule has 0 aliphatic rings. The molecule has 0 amide bonds. The van der Waals surface area contributed by atoms with Gasteiger partial charge >= 0.3 is 0 Å². The first kappa shape index (κ1) is 9.09. The Balaban J connectivity index is 2.82. The number of nitrogens with two attached hydrogens (primary N) is 1. The number of hydrogen-bond acceptors (Lipinski definition) is 4. The minimum Gasteiger partial charge on any atom is -0.396 e. The zero-order chi connectivity index (χ0) is 9.03. The van der Waals surface area contributed by atoms with E-state index in [0.717, 1.165) is 0 Å². The molecule has 3 N–H and O–H groups in total. The number of aromatic nitrogens is 2. The standard InChI is InChI=1S/C8H13N3O/c1-8(9,2-5-12)7-6-10-3-4-11-7/h3-4,6,12H,2,5,9H2,1H3. The maximum Gasteiger partial charge on any atom is 0.0783 e. The van der Waals surface area contributed by atoms with Crippen LogP contribution in [0.25, 0.3) is 0 Å². The van der Waals surface area contributed by atoms with Gasteiger partial charge in [0, 0.05) is 19.0 Å². The summed E-state index contributed by atoms with van der Waals surface area (Å²) in [5.41, 5.74) is 6.01. The highest BCUT2D eigenvalue weighted by molar-refractivity contribution is 5.08. The molecule has 66 valence electrons. The number of aliphatic hydroxyl groups excluding tert-OH is 1. The molecule has 0 spiro atoms. The maximum atomic E-state index is 8.74. The van der Waals surface area contributed by atoms with Crippen molar-refractivity contribution in [1.29, 1.82) is 0 Å². The first-order valence-corrected chi connectivity index (χ1v) is 3.83. The molecule has 0 aromatic carbocycles. The topological polar surface area (TPSA) is 72.0 Å². The van der Waals surface area contributed by atoms with E-state index in [1.54, 1.807) is 18.6 Å². The van der Waals surface area contributed by atoms with E-state index >= 15 is 0 Å². The molecule has 1 heterocycles. The zero-order valence-electron chi connectivity index (χ0n) is 7.07. The Morgan fingerprint density at radius 2 is 2.33 bits per heavy atom. The summed E-state index contributed by atoms with van der Waals surface area (Å²) in [7, 11) is 0. The fourth-order valence-electron chi connectivity index (χ4n) is 0.954. The molecule has 0 radical (unpaired) electrons. The Morgan fingerprint density at radius 3 is 2.83 bits per heavy atom. The maximum absolute atomic E-state index is 8.74. The second-order valence-corrected chi connectivity index (χ2v) is 2.98. The molecule has 0 bridgehead atoms. The van der Waals surface area contributed by atoms with E-state index in [4.69, 9.17) is 10.8 Å². The molecule has 0 aliphatic heterocycles. The molecule has 4 heteroatoms. The molecule has 4 nitrogen and oxygen atoms in total. The van der Waals surface area contributed by atoms with Gasteiger partial charge in [0.15, 0.2) is 0 Å². The third-order valence-corrected chi connectivity index (χ3v) is 1.78. The lowest BCUT2D eigenvalue weighted by molar-refractivity contribution is 0.245. The molecule has 12 heavy (non-hydrogen) atoms. The van der Waals surface area contributed by atoms with Crippen LogP contribution in [0.15, 0.2) is 18.6 Å². The van der Waals surface area contributed by atoms with Crippen molar-refractivity contribution in [2.45, 2.75) is 18.9 Å². The minimum absolute atomic E-state index is 0.0591. The van der Waals surface area contributed by atoms with Gasteiger partial charge in [0.05, 0.1) is 17.4 Å². The molecule has 0 saturated carbocycles. The van der Waals surface area contributed by atoms with Crippen LogP contribution in [0.1, 0.15) is 19.0 Å². The molecule has 1 rings (SSSR count). The number of rotatable bonds is 3. The van der Waals surface area contributed by atoms with E-state index < -0.39 is 5.54 Å². The Hall–Kier alpha value is -1.00. The number of nitrogens with zero attached hydrogens (tertiary/aromatic N) is 2. The van der Waals surface area contributed by atoms with Gasteiger partial charge < -0.3 is 10.8 Å². The van der Waals surface area contributed by atoms with Crippen LogP contribution >= 0.6 is 0 Å². The lowest BCUT2D eigenvalue weighted by atomic mass is 9.96. The Labute approximate surface area is 71.5 Å². The Bertz CT molecular complexity index is 235. The number of hydrogen-bond donors (Lipinski definition) is 2. The highest BCUT2D eigenvalue weighted by Crippen LogP contribution is 2.17. The van der Waals surface area contributed by atoms with Gasteiger partial charge in [-0.25, -0.2) is 0 Å². The summed E-state index contributed by atoms with van der Waals surface area (Å²) in [6, 6.07) is 0.